The Morgan fingerprint density at radius 3 is 2.64 bits per heavy atom. The fourth-order valence-corrected chi connectivity index (χ4v) is 1.06. The summed E-state index contributed by atoms with van der Waals surface area (Å²) in [5.74, 6) is -0.265. The van der Waals surface area contributed by atoms with Crippen molar-refractivity contribution in [3.63, 3.8) is 0 Å². The molecule has 0 saturated carbocycles. The van der Waals surface area contributed by atoms with Gasteiger partial charge in [-0.2, -0.15) is 0 Å². The quantitative estimate of drug-likeness (QED) is 0.640. The van der Waals surface area contributed by atoms with Crippen molar-refractivity contribution in [2.75, 3.05) is 6.67 Å². The van der Waals surface area contributed by atoms with E-state index in [0.717, 1.165) is 0 Å². The molecule has 0 aliphatic rings. The lowest BCUT2D eigenvalue weighted by atomic mass is 10.3. The number of pyridine rings is 1. The lowest BCUT2D eigenvalue weighted by molar-refractivity contribution is 0.0949. The lowest BCUT2D eigenvalue weighted by Gasteiger charge is -2.00. The van der Waals surface area contributed by atoms with Crippen LogP contribution in [-0.4, -0.2) is 17.6 Å². The maximum Gasteiger partial charge on any atom is 0.270 e. The third-order valence-corrected chi connectivity index (χ3v) is 1.65. The third kappa shape index (κ3) is 4.76. The number of nitrogens with one attached hydrogen (secondary N) is 1. The van der Waals surface area contributed by atoms with Gasteiger partial charge < -0.3 is 11.1 Å². The smallest absolute Gasteiger partial charge is 0.270 e. The summed E-state index contributed by atoms with van der Waals surface area (Å²) in [4.78, 5) is 15.1. The Morgan fingerprint density at radius 1 is 1.50 bits per heavy atom. The van der Waals surface area contributed by atoms with Gasteiger partial charge in [0.25, 0.3) is 5.91 Å². The molecular weight excluding hydrogens is 293 g/mol. The summed E-state index contributed by atoms with van der Waals surface area (Å²) in [5, 5.41) is 2.44. The van der Waals surface area contributed by atoms with Crippen LogP contribution in [0.25, 0.3) is 0 Å². The molecule has 0 radical (unpaired) electrons. The summed E-state index contributed by atoms with van der Waals surface area (Å²) >= 11 is 3.16. The van der Waals surface area contributed by atoms with Crippen molar-refractivity contribution in [1.82, 2.24) is 10.3 Å². The van der Waals surface area contributed by atoms with Crippen LogP contribution in [0.2, 0.25) is 0 Å². The molecule has 0 atom stereocenters. The minimum Gasteiger partial charge on any atom is -0.338 e. The highest BCUT2D eigenvalue weighted by molar-refractivity contribution is 9.10. The first kappa shape index (κ1) is 16.1. The van der Waals surface area contributed by atoms with Crippen LogP contribution in [0.15, 0.2) is 22.8 Å². The fraction of sp³-hybridized carbons (Fsp3) is 0.143. The van der Waals surface area contributed by atoms with Gasteiger partial charge in [0, 0.05) is 0 Å². The van der Waals surface area contributed by atoms with Crippen LogP contribution < -0.4 is 11.1 Å². The molecule has 80 valence electrons. The van der Waals surface area contributed by atoms with E-state index in [1.165, 1.54) is 0 Å². The maximum atomic E-state index is 11.1. The van der Waals surface area contributed by atoms with E-state index in [2.05, 4.69) is 26.2 Å². The molecule has 7 heteroatoms. The molecular formula is C7H10BrCl2N3O. The van der Waals surface area contributed by atoms with Crippen LogP contribution in [0.3, 0.4) is 0 Å². The van der Waals surface area contributed by atoms with Crippen LogP contribution >= 0.6 is 40.7 Å². The number of aromatic nitrogens is 1. The Balaban J connectivity index is 0. The molecule has 0 unspecified atom stereocenters. The molecule has 0 aliphatic carbocycles. The first-order valence-electron chi connectivity index (χ1n) is 3.35. The monoisotopic (exact) mass is 301 g/mol. The van der Waals surface area contributed by atoms with Gasteiger partial charge >= 0.3 is 0 Å². The third-order valence-electron chi connectivity index (χ3n) is 1.21. The number of hydrogen-bond donors (Lipinski definition) is 2. The SMILES string of the molecule is Cl.Cl.NCNC(=O)c1cccc(Br)n1. The average Bonchev–Trinajstić information content (AvgIpc) is 2.05. The molecule has 0 aliphatic heterocycles. The minimum atomic E-state index is -0.265. The van der Waals surface area contributed by atoms with Gasteiger partial charge in [0.15, 0.2) is 0 Å². The van der Waals surface area contributed by atoms with E-state index in [4.69, 9.17) is 5.73 Å². The summed E-state index contributed by atoms with van der Waals surface area (Å²) in [6.45, 7) is 0.118. The van der Waals surface area contributed by atoms with Crippen LogP contribution in [-0.2, 0) is 0 Å². The molecule has 14 heavy (non-hydrogen) atoms. The molecule has 0 spiro atoms. The molecule has 0 saturated heterocycles. The number of amides is 1. The number of nitrogens with zero attached hydrogens (tertiary/aromatic N) is 1. The summed E-state index contributed by atoms with van der Waals surface area (Å²) in [6.07, 6.45) is 0. The van der Waals surface area contributed by atoms with Crippen LogP contribution in [0, 0.1) is 0 Å². The fourth-order valence-electron chi connectivity index (χ4n) is 0.718. The molecule has 0 bridgehead atoms. The van der Waals surface area contributed by atoms with Crippen molar-refractivity contribution in [3.8, 4) is 0 Å². The zero-order valence-electron chi connectivity index (χ0n) is 7.07. The number of hydrogen-bond acceptors (Lipinski definition) is 3. The normalized spacial score (nSPS) is 8.14. The Kier molecular flexibility index (Phi) is 9.18. The predicted octanol–water partition coefficient (Wildman–Crippen LogP) is 1.33. The molecule has 3 N–H and O–H groups in total. The van der Waals surface area contributed by atoms with Crippen molar-refractivity contribution in [2.24, 2.45) is 5.73 Å². The number of halogens is 3. The summed E-state index contributed by atoms with van der Waals surface area (Å²) in [5.41, 5.74) is 5.49. The highest BCUT2D eigenvalue weighted by Gasteiger charge is 2.04. The molecule has 1 amide bonds. The van der Waals surface area contributed by atoms with E-state index >= 15 is 0 Å². The van der Waals surface area contributed by atoms with E-state index in [0.29, 0.717) is 10.3 Å². The van der Waals surface area contributed by atoms with Gasteiger partial charge in [-0.1, -0.05) is 6.07 Å². The van der Waals surface area contributed by atoms with Crippen LogP contribution in [0.4, 0.5) is 0 Å². The highest BCUT2D eigenvalue weighted by Crippen LogP contribution is 2.05. The molecule has 1 aromatic rings. The van der Waals surface area contributed by atoms with E-state index in [1.807, 2.05) is 0 Å². The summed E-state index contributed by atoms with van der Waals surface area (Å²) in [7, 11) is 0. The second-order valence-electron chi connectivity index (χ2n) is 2.06. The standard InChI is InChI=1S/C7H8BrN3O.2ClH/c8-6-3-1-2-5(11-6)7(12)10-4-9;;/h1-3H,4,9H2,(H,10,12);2*1H. The molecule has 1 heterocycles. The summed E-state index contributed by atoms with van der Waals surface area (Å²) in [6, 6.07) is 5.11. The Bertz CT molecular complexity index is 298. The maximum absolute atomic E-state index is 11.1. The van der Waals surface area contributed by atoms with Crippen molar-refractivity contribution >= 4 is 46.7 Å². The van der Waals surface area contributed by atoms with Crippen molar-refractivity contribution < 1.29 is 4.79 Å². The Morgan fingerprint density at radius 2 is 2.14 bits per heavy atom. The summed E-state index contributed by atoms with van der Waals surface area (Å²) < 4.78 is 0.632. The zero-order valence-corrected chi connectivity index (χ0v) is 10.3. The largest absolute Gasteiger partial charge is 0.338 e. The minimum absolute atomic E-state index is 0. The van der Waals surface area contributed by atoms with Gasteiger partial charge in [0.1, 0.15) is 10.3 Å². The molecule has 0 fully saturated rings. The van der Waals surface area contributed by atoms with Crippen LogP contribution in [0.1, 0.15) is 10.5 Å². The van der Waals surface area contributed by atoms with Crippen molar-refractivity contribution in [2.45, 2.75) is 0 Å². The lowest BCUT2D eigenvalue weighted by Crippen LogP contribution is -2.29. The number of rotatable bonds is 2. The Hall–Kier alpha value is -0.360. The molecule has 1 rings (SSSR count). The van der Waals surface area contributed by atoms with Crippen molar-refractivity contribution in [1.29, 1.82) is 0 Å². The van der Waals surface area contributed by atoms with Gasteiger partial charge in [0.2, 0.25) is 0 Å². The number of carbonyl (C=O) groups is 1. The average molecular weight is 303 g/mol. The van der Waals surface area contributed by atoms with Gasteiger partial charge in [-0.25, -0.2) is 4.98 Å². The van der Waals surface area contributed by atoms with Crippen LogP contribution in [0.5, 0.6) is 0 Å². The van der Waals surface area contributed by atoms with E-state index in [-0.39, 0.29) is 37.4 Å². The van der Waals surface area contributed by atoms with Gasteiger partial charge in [-0.15, -0.1) is 24.8 Å². The van der Waals surface area contributed by atoms with E-state index < -0.39 is 0 Å². The predicted molar refractivity (Wildman–Crippen MR) is 63.0 cm³/mol. The first-order chi connectivity index (χ1) is 5.74. The molecule has 1 aromatic heterocycles. The van der Waals surface area contributed by atoms with E-state index in [1.54, 1.807) is 18.2 Å². The van der Waals surface area contributed by atoms with Gasteiger partial charge in [0.05, 0.1) is 6.67 Å². The van der Waals surface area contributed by atoms with Crippen molar-refractivity contribution in [3.05, 3.63) is 28.5 Å². The second kappa shape index (κ2) is 7.99. The topological polar surface area (TPSA) is 68.0 Å². The highest BCUT2D eigenvalue weighted by atomic mass is 79.9. The van der Waals surface area contributed by atoms with E-state index in [9.17, 15) is 4.79 Å². The first-order valence-corrected chi connectivity index (χ1v) is 4.14. The zero-order chi connectivity index (χ0) is 8.97. The number of carbonyl (C=O) groups excluding carboxylic acids is 1. The molecule has 0 aromatic carbocycles. The van der Waals surface area contributed by atoms with Gasteiger partial charge in [-0.3, -0.25) is 4.79 Å². The van der Waals surface area contributed by atoms with Gasteiger partial charge in [-0.05, 0) is 28.1 Å². The Labute approximate surface area is 103 Å². The number of nitrogens with two attached hydrogens (primary N) is 1. The second-order valence-corrected chi connectivity index (χ2v) is 2.87. The molecule has 4 nitrogen and oxygen atoms in total.